The molecule has 4 rings (SSSR count). The number of rotatable bonds is 6. The summed E-state index contributed by atoms with van der Waals surface area (Å²) < 4.78 is 16.5. The predicted molar refractivity (Wildman–Crippen MR) is 123 cm³/mol. The number of esters is 1. The highest BCUT2D eigenvalue weighted by atomic mass is 16.7. The number of hydrogen-bond donors (Lipinski definition) is 0. The maximum Gasteiger partial charge on any atom is 0.343 e. The number of carbonyl (C=O) groups is 1. The first-order chi connectivity index (χ1) is 15.8. The van der Waals surface area contributed by atoms with Crippen molar-refractivity contribution in [3.05, 3.63) is 126 Å². The zero-order valence-electron chi connectivity index (χ0n) is 17.2. The molecule has 0 spiro atoms. The first kappa shape index (κ1) is 20.8. The third-order valence-corrected chi connectivity index (χ3v) is 4.47. The number of benzene rings is 4. The molecule has 4 aromatic carbocycles. The van der Waals surface area contributed by atoms with Crippen molar-refractivity contribution in [1.82, 2.24) is 0 Å². The van der Waals surface area contributed by atoms with Gasteiger partial charge in [0.05, 0.1) is 5.56 Å². The quantitative estimate of drug-likeness (QED) is 0.173. The minimum absolute atomic E-state index is 0.133. The maximum atomic E-state index is 12.2. The van der Waals surface area contributed by atoms with Gasteiger partial charge in [-0.05, 0) is 72.8 Å². The van der Waals surface area contributed by atoms with Crippen LogP contribution in [0, 0.1) is 11.8 Å². The van der Waals surface area contributed by atoms with Gasteiger partial charge in [0.25, 0.3) is 0 Å². The fraction of sp³-hybridized carbons (Fsp3) is 0.0357. The van der Waals surface area contributed by atoms with E-state index >= 15 is 0 Å². The van der Waals surface area contributed by atoms with Crippen molar-refractivity contribution in [3.63, 3.8) is 0 Å². The highest BCUT2D eigenvalue weighted by Gasteiger charge is 2.07. The molecule has 0 fully saturated rings. The van der Waals surface area contributed by atoms with Crippen LogP contribution < -0.4 is 14.2 Å². The summed E-state index contributed by atoms with van der Waals surface area (Å²) in [5, 5.41) is 0. The van der Waals surface area contributed by atoms with E-state index in [1.807, 2.05) is 72.8 Å². The van der Waals surface area contributed by atoms with Gasteiger partial charge in [0, 0.05) is 11.1 Å². The summed E-state index contributed by atoms with van der Waals surface area (Å²) in [6.45, 7) is 0.133. The van der Waals surface area contributed by atoms with Gasteiger partial charge in [-0.1, -0.05) is 48.2 Å². The van der Waals surface area contributed by atoms with Gasteiger partial charge < -0.3 is 14.2 Å². The van der Waals surface area contributed by atoms with Gasteiger partial charge in [-0.15, -0.1) is 0 Å². The number of ether oxygens (including phenoxy) is 3. The van der Waals surface area contributed by atoms with Crippen LogP contribution in [0.1, 0.15) is 21.5 Å². The van der Waals surface area contributed by atoms with Gasteiger partial charge in [0.15, 0.2) is 0 Å². The minimum atomic E-state index is -0.400. The van der Waals surface area contributed by atoms with Crippen LogP contribution in [-0.4, -0.2) is 12.8 Å². The lowest BCUT2D eigenvalue weighted by atomic mass is 10.1. The summed E-state index contributed by atoms with van der Waals surface area (Å²) in [6, 6.07) is 33.0. The van der Waals surface area contributed by atoms with E-state index in [1.54, 1.807) is 36.4 Å². The zero-order chi connectivity index (χ0) is 22.0. The van der Waals surface area contributed by atoms with Gasteiger partial charge in [-0.25, -0.2) is 4.79 Å². The Bertz CT molecular complexity index is 1200. The van der Waals surface area contributed by atoms with Crippen LogP contribution in [0.15, 0.2) is 109 Å². The number of hydrogen-bond acceptors (Lipinski definition) is 4. The van der Waals surface area contributed by atoms with Crippen LogP contribution in [0.25, 0.3) is 0 Å². The van der Waals surface area contributed by atoms with Crippen LogP contribution in [0.2, 0.25) is 0 Å². The molecule has 4 nitrogen and oxygen atoms in total. The molecule has 0 saturated heterocycles. The van der Waals surface area contributed by atoms with Crippen LogP contribution in [0.3, 0.4) is 0 Å². The smallest absolute Gasteiger partial charge is 0.343 e. The Hall–Kier alpha value is -4.49. The summed E-state index contributed by atoms with van der Waals surface area (Å²) in [6.07, 6.45) is 0. The van der Waals surface area contributed by atoms with E-state index in [4.69, 9.17) is 14.2 Å². The third kappa shape index (κ3) is 6.01. The molecule has 0 aromatic heterocycles. The average Bonchev–Trinajstić information content (AvgIpc) is 2.85. The largest absolute Gasteiger partial charge is 0.458 e. The van der Waals surface area contributed by atoms with Gasteiger partial charge >= 0.3 is 5.97 Å². The van der Waals surface area contributed by atoms with E-state index in [0.717, 1.165) is 16.9 Å². The van der Waals surface area contributed by atoms with Crippen molar-refractivity contribution >= 4 is 5.97 Å². The van der Waals surface area contributed by atoms with Crippen molar-refractivity contribution in [2.45, 2.75) is 0 Å². The van der Waals surface area contributed by atoms with Crippen LogP contribution in [-0.2, 0) is 0 Å². The van der Waals surface area contributed by atoms with Crippen molar-refractivity contribution in [2.24, 2.45) is 0 Å². The Labute approximate surface area is 187 Å². The molecule has 0 saturated carbocycles. The monoisotopic (exact) mass is 420 g/mol. The molecule has 0 radical (unpaired) electrons. The summed E-state index contributed by atoms with van der Waals surface area (Å²) >= 11 is 0. The van der Waals surface area contributed by atoms with Gasteiger partial charge in [0.2, 0.25) is 6.79 Å². The van der Waals surface area contributed by atoms with Gasteiger partial charge in [0.1, 0.15) is 17.2 Å². The molecule has 0 atom stereocenters. The van der Waals surface area contributed by atoms with Crippen LogP contribution in [0.4, 0.5) is 0 Å². The van der Waals surface area contributed by atoms with Crippen molar-refractivity contribution in [3.8, 4) is 29.1 Å². The second-order valence-electron chi connectivity index (χ2n) is 6.77. The summed E-state index contributed by atoms with van der Waals surface area (Å²) in [5.74, 6) is 7.77. The molecular weight excluding hydrogens is 400 g/mol. The molecule has 0 aliphatic carbocycles. The van der Waals surface area contributed by atoms with E-state index in [9.17, 15) is 4.79 Å². The first-order valence-corrected chi connectivity index (χ1v) is 10.1. The molecule has 4 aromatic rings. The molecule has 0 unspecified atom stereocenters. The van der Waals surface area contributed by atoms with Gasteiger partial charge in [-0.2, -0.15) is 0 Å². The Morgan fingerprint density at radius 1 is 0.562 bits per heavy atom. The molecule has 0 N–H and O–H groups in total. The highest BCUT2D eigenvalue weighted by molar-refractivity contribution is 5.91. The predicted octanol–water partition coefficient (Wildman–Crippen LogP) is 5.72. The zero-order valence-corrected chi connectivity index (χ0v) is 17.2. The number of para-hydroxylation sites is 2. The SMILES string of the molecule is O=C(Oc1ccccc1)c1ccc(C#Cc2ccc(OCOc3ccccc3)cc2)cc1. The van der Waals surface area contributed by atoms with E-state index in [-0.39, 0.29) is 6.79 Å². The fourth-order valence-electron chi connectivity index (χ4n) is 2.81. The van der Waals surface area contributed by atoms with Crippen molar-refractivity contribution < 1.29 is 19.0 Å². The molecule has 0 amide bonds. The summed E-state index contributed by atoms with van der Waals surface area (Å²) in [7, 11) is 0. The second-order valence-corrected chi connectivity index (χ2v) is 6.77. The van der Waals surface area contributed by atoms with Crippen molar-refractivity contribution in [2.75, 3.05) is 6.79 Å². The molecule has 4 heteroatoms. The average molecular weight is 420 g/mol. The Balaban J connectivity index is 1.30. The summed E-state index contributed by atoms with van der Waals surface area (Å²) in [5.41, 5.74) is 2.13. The fourth-order valence-corrected chi connectivity index (χ4v) is 2.81. The normalized spacial score (nSPS) is 9.88. The maximum absolute atomic E-state index is 12.2. The summed E-state index contributed by atoms with van der Waals surface area (Å²) in [4.78, 5) is 12.2. The molecule has 0 aliphatic rings. The Morgan fingerprint density at radius 2 is 1.03 bits per heavy atom. The number of carbonyl (C=O) groups excluding carboxylic acids is 1. The Morgan fingerprint density at radius 3 is 1.59 bits per heavy atom. The van der Waals surface area contributed by atoms with E-state index in [0.29, 0.717) is 17.1 Å². The highest BCUT2D eigenvalue weighted by Crippen LogP contribution is 2.15. The minimum Gasteiger partial charge on any atom is -0.458 e. The molecule has 156 valence electrons. The van der Waals surface area contributed by atoms with Crippen LogP contribution >= 0.6 is 0 Å². The first-order valence-electron chi connectivity index (χ1n) is 10.1. The molecule has 32 heavy (non-hydrogen) atoms. The topological polar surface area (TPSA) is 44.8 Å². The molecular formula is C28H20O4. The lowest BCUT2D eigenvalue weighted by Gasteiger charge is -2.08. The molecule has 0 heterocycles. The van der Waals surface area contributed by atoms with E-state index in [2.05, 4.69) is 11.8 Å². The second kappa shape index (κ2) is 10.5. The standard InChI is InChI=1S/C28H20O4/c29-28(32-27-9-5-2-6-10-27)24-17-13-22(14-18-24)11-12-23-15-19-26(20-16-23)31-21-30-25-7-3-1-4-8-25/h1-10,13-20H,21H2. The third-order valence-electron chi connectivity index (χ3n) is 4.47. The lowest BCUT2D eigenvalue weighted by molar-refractivity contribution is 0.0734. The van der Waals surface area contributed by atoms with E-state index < -0.39 is 5.97 Å². The van der Waals surface area contributed by atoms with E-state index in [1.165, 1.54) is 0 Å². The lowest BCUT2D eigenvalue weighted by Crippen LogP contribution is -2.08. The molecule has 0 aliphatic heterocycles. The van der Waals surface area contributed by atoms with Gasteiger partial charge in [-0.3, -0.25) is 0 Å². The Kier molecular flexibility index (Phi) is 6.82. The van der Waals surface area contributed by atoms with Crippen molar-refractivity contribution in [1.29, 1.82) is 0 Å². The van der Waals surface area contributed by atoms with Crippen LogP contribution in [0.5, 0.6) is 17.2 Å². The molecule has 0 bridgehead atoms.